The number of aromatic nitrogens is 2. The fourth-order valence-corrected chi connectivity index (χ4v) is 4.28. The van der Waals surface area contributed by atoms with Crippen molar-refractivity contribution in [2.24, 2.45) is 0 Å². The second kappa shape index (κ2) is 10.3. The molecule has 0 aliphatic heterocycles. The molecule has 29 heavy (non-hydrogen) atoms. The van der Waals surface area contributed by atoms with Crippen molar-refractivity contribution in [1.82, 2.24) is 10.2 Å². The predicted molar refractivity (Wildman–Crippen MR) is 121 cm³/mol. The van der Waals surface area contributed by atoms with Gasteiger partial charge in [0.15, 0.2) is 4.34 Å². The van der Waals surface area contributed by atoms with E-state index in [1.54, 1.807) is 0 Å². The molecule has 0 radical (unpaired) electrons. The molecule has 2 aromatic carbocycles. The van der Waals surface area contributed by atoms with Crippen molar-refractivity contribution < 1.29 is 9.53 Å². The van der Waals surface area contributed by atoms with E-state index in [-0.39, 0.29) is 11.7 Å². The molecule has 1 heterocycles. The molecule has 0 saturated carbocycles. The molecule has 3 rings (SSSR count). The third-order valence-electron chi connectivity index (χ3n) is 4.02. The van der Waals surface area contributed by atoms with Crippen LogP contribution in [0.2, 0.25) is 0 Å². The summed E-state index contributed by atoms with van der Waals surface area (Å²) >= 11 is 2.77. The molecule has 6 nitrogen and oxygen atoms in total. The van der Waals surface area contributed by atoms with Gasteiger partial charge in [-0.2, -0.15) is 0 Å². The minimum absolute atomic E-state index is 0.0606. The number of benzene rings is 2. The molecule has 1 amide bonds. The molecule has 0 aliphatic carbocycles. The van der Waals surface area contributed by atoms with Crippen molar-refractivity contribution in [3.8, 4) is 5.75 Å². The first-order valence-electron chi connectivity index (χ1n) is 9.40. The summed E-state index contributed by atoms with van der Waals surface area (Å²) in [6, 6.07) is 15.6. The van der Waals surface area contributed by atoms with Gasteiger partial charge in [0.1, 0.15) is 5.75 Å². The van der Waals surface area contributed by atoms with Gasteiger partial charge in [-0.05, 0) is 36.6 Å². The highest BCUT2D eigenvalue weighted by Gasteiger charge is 2.12. The second-order valence-corrected chi connectivity index (χ2v) is 8.71. The summed E-state index contributed by atoms with van der Waals surface area (Å²) in [5.74, 6) is 1.32. The molecule has 2 N–H and O–H groups in total. The smallest absolute Gasteiger partial charge is 0.234 e. The van der Waals surface area contributed by atoms with E-state index in [1.165, 1.54) is 23.1 Å². The number of rotatable bonds is 9. The third-order valence-corrected chi connectivity index (χ3v) is 5.99. The Labute approximate surface area is 179 Å². The van der Waals surface area contributed by atoms with Gasteiger partial charge in [-0.3, -0.25) is 4.79 Å². The van der Waals surface area contributed by atoms with Gasteiger partial charge in [0, 0.05) is 5.69 Å². The van der Waals surface area contributed by atoms with Gasteiger partial charge in [-0.1, -0.05) is 67.3 Å². The quantitative estimate of drug-likeness (QED) is 0.436. The van der Waals surface area contributed by atoms with Gasteiger partial charge in [0.25, 0.3) is 0 Å². The van der Waals surface area contributed by atoms with Crippen LogP contribution in [0.5, 0.6) is 5.75 Å². The standard InChI is InChI=1S/C21H24N4O2S2/c1-4-27-18-12-8-7-11-17(18)23-20-24-25-21(29-20)28-13-19(26)22-16-10-6-5-9-15(16)14(2)3/h5-12,14H,4,13H2,1-3H3,(H,22,26)(H,23,24). The number of amides is 1. The number of thioether (sulfide) groups is 1. The summed E-state index contributed by atoms with van der Waals surface area (Å²) in [6.45, 7) is 6.75. The molecule has 0 bridgehead atoms. The summed E-state index contributed by atoms with van der Waals surface area (Å²) in [5.41, 5.74) is 2.83. The van der Waals surface area contributed by atoms with Crippen LogP contribution < -0.4 is 15.4 Å². The molecule has 0 fully saturated rings. The summed E-state index contributed by atoms with van der Waals surface area (Å²) < 4.78 is 6.34. The number of hydrogen-bond donors (Lipinski definition) is 2. The number of nitrogens with zero attached hydrogens (tertiary/aromatic N) is 2. The van der Waals surface area contributed by atoms with Crippen molar-refractivity contribution >= 4 is 45.5 Å². The van der Waals surface area contributed by atoms with Gasteiger partial charge >= 0.3 is 0 Å². The minimum Gasteiger partial charge on any atom is -0.492 e. The molecule has 0 atom stereocenters. The van der Waals surface area contributed by atoms with Crippen LogP contribution in [0.1, 0.15) is 32.3 Å². The van der Waals surface area contributed by atoms with Crippen molar-refractivity contribution in [2.45, 2.75) is 31.0 Å². The SMILES string of the molecule is CCOc1ccccc1Nc1nnc(SCC(=O)Nc2ccccc2C(C)C)s1. The van der Waals surface area contributed by atoms with E-state index in [9.17, 15) is 4.79 Å². The van der Waals surface area contributed by atoms with Gasteiger partial charge in [0.05, 0.1) is 18.0 Å². The Balaban J connectivity index is 1.56. The van der Waals surface area contributed by atoms with Crippen LogP contribution in [-0.4, -0.2) is 28.5 Å². The zero-order valence-electron chi connectivity index (χ0n) is 16.6. The van der Waals surface area contributed by atoms with Crippen LogP contribution in [0.15, 0.2) is 52.9 Å². The average Bonchev–Trinajstić information content (AvgIpc) is 3.16. The predicted octanol–water partition coefficient (Wildman–Crippen LogP) is 5.53. The van der Waals surface area contributed by atoms with E-state index in [0.29, 0.717) is 17.7 Å². The zero-order chi connectivity index (χ0) is 20.6. The number of para-hydroxylation sites is 3. The molecule has 0 unspecified atom stereocenters. The van der Waals surface area contributed by atoms with E-state index in [2.05, 4.69) is 34.7 Å². The van der Waals surface area contributed by atoms with E-state index in [0.717, 1.165) is 27.0 Å². The number of nitrogens with one attached hydrogen (secondary N) is 2. The lowest BCUT2D eigenvalue weighted by molar-refractivity contribution is -0.113. The monoisotopic (exact) mass is 428 g/mol. The Morgan fingerprint density at radius 3 is 2.59 bits per heavy atom. The molecule has 0 spiro atoms. The van der Waals surface area contributed by atoms with Gasteiger partial charge < -0.3 is 15.4 Å². The van der Waals surface area contributed by atoms with E-state index >= 15 is 0 Å². The van der Waals surface area contributed by atoms with Crippen molar-refractivity contribution in [3.63, 3.8) is 0 Å². The third kappa shape index (κ3) is 5.95. The zero-order valence-corrected chi connectivity index (χ0v) is 18.3. The highest BCUT2D eigenvalue weighted by atomic mass is 32.2. The highest BCUT2D eigenvalue weighted by molar-refractivity contribution is 8.01. The molecule has 3 aromatic rings. The van der Waals surface area contributed by atoms with Crippen LogP contribution in [0, 0.1) is 0 Å². The molecule has 8 heteroatoms. The average molecular weight is 429 g/mol. The molecule has 152 valence electrons. The van der Waals surface area contributed by atoms with Crippen LogP contribution in [-0.2, 0) is 4.79 Å². The van der Waals surface area contributed by atoms with Gasteiger partial charge in [-0.25, -0.2) is 0 Å². The topological polar surface area (TPSA) is 76.1 Å². The number of hydrogen-bond acceptors (Lipinski definition) is 7. The van der Waals surface area contributed by atoms with Crippen molar-refractivity contribution in [3.05, 3.63) is 54.1 Å². The van der Waals surface area contributed by atoms with Gasteiger partial charge in [-0.15, -0.1) is 10.2 Å². The van der Waals surface area contributed by atoms with Crippen LogP contribution in [0.3, 0.4) is 0 Å². The summed E-state index contributed by atoms with van der Waals surface area (Å²) in [4.78, 5) is 12.4. The van der Waals surface area contributed by atoms with E-state index in [4.69, 9.17) is 4.74 Å². The highest BCUT2D eigenvalue weighted by Crippen LogP contribution is 2.32. The van der Waals surface area contributed by atoms with E-state index in [1.807, 2.05) is 55.5 Å². The minimum atomic E-state index is -0.0606. The number of ether oxygens (including phenoxy) is 1. The van der Waals surface area contributed by atoms with Crippen molar-refractivity contribution in [2.75, 3.05) is 23.0 Å². The molecule has 1 aromatic heterocycles. The Bertz CT molecular complexity index is 959. The summed E-state index contributed by atoms with van der Waals surface area (Å²) in [7, 11) is 0. The molecular formula is C21H24N4O2S2. The lowest BCUT2D eigenvalue weighted by atomic mass is 10.0. The lowest BCUT2D eigenvalue weighted by Gasteiger charge is -2.13. The summed E-state index contributed by atoms with van der Waals surface area (Å²) in [6.07, 6.45) is 0. The van der Waals surface area contributed by atoms with E-state index < -0.39 is 0 Å². The maximum Gasteiger partial charge on any atom is 0.234 e. The summed E-state index contributed by atoms with van der Waals surface area (Å²) in [5, 5.41) is 15.2. The largest absolute Gasteiger partial charge is 0.492 e. The molecular weight excluding hydrogens is 404 g/mol. The van der Waals surface area contributed by atoms with Crippen LogP contribution in [0.25, 0.3) is 0 Å². The van der Waals surface area contributed by atoms with Crippen molar-refractivity contribution in [1.29, 1.82) is 0 Å². The Hall–Kier alpha value is -2.58. The Morgan fingerprint density at radius 1 is 1.10 bits per heavy atom. The first-order valence-corrected chi connectivity index (χ1v) is 11.2. The fraction of sp³-hybridized carbons (Fsp3) is 0.286. The van der Waals surface area contributed by atoms with Crippen LogP contribution in [0.4, 0.5) is 16.5 Å². The normalized spacial score (nSPS) is 10.8. The fourth-order valence-electron chi connectivity index (χ4n) is 2.71. The Morgan fingerprint density at radius 2 is 1.83 bits per heavy atom. The Kier molecular flexibility index (Phi) is 7.48. The number of anilines is 3. The first kappa shape index (κ1) is 21.1. The molecule has 0 aliphatic rings. The van der Waals surface area contributed by atoms with Gasteiger partial charge in [0.2, 0.25) is 11.0 Å². The van der Waals surface area contributed by atoms with Crippen LogP contribution >= 0.6 is 23.1 Å². The maximum atomic E-state index is 12.4. The second-order valence-electron chi connectivity index (χ2n) is 6.51. The maximum absolute atomic E-state index is 12.4. The number of carbonyl (C=O) groups is 1. The molecule has 0 saturated heterocycles. The lowest BCUT2D eigenvalue weighted by Crippen LogP contribution is -2.15. The number of carbonyl (C=O) groups excluding carboxylic acids is 1. The first-order chi connectivity index (χ1) is 14.1.